The molecule has 0 radical (unpaired) electrons. The molecule has 0 aromatic heterocycles. The molecule has 146 valence electrons. The lowest BCUT2D eigenvalue weighted by molar-refractivity contribution is -0.122. The number of amides is 1. The van der Waals surface area contributed by atoms with Crippen LogP contribution in [0, 0.1) is 11.6 Å². The second-order valence-corrected chi connectivity index (χ2v) is 7.76. The van der Waals surface area contributed by atoms with Gasteiger partial charge in [0.05, 0.1) is 19.1 Å². The van der Waals surface area contributed by atoms with Crippen LogP contribution in [-0.4, -0.2) is 33.7 Å². The number of nitrogens with zero attached hydrogens (tertiary/aromatic N) is 1. The van der Waals surface area contributed by atoms with Gasteiger partial charge in [-0.3, -0.25) is 9.10 Å². The van der Waals surface area contributed by atoms with Crippen LogP contribution in [0.4, 0.5) is 14.5 Å². The number of benzene rings is 2. The molecule has 0 bridgehead atoms. The van der Waals surface area contributed by atoms with Crippen LogP contribution in [0.1, 0.15) is 12.5 Å². The fraction of sp³-hybridized carbons (Fsp3) is 0.278. The molecule has 1 N–H and O–H groups in total. The molecule has 0 aliphatic carbocycles. The predicted octanol–water partition coefficient (Wildman–Crippen LogP) is 2.44. The molecule has 0 heterocycles. The van der Waals surface area contributed by atoms with Crippen molar-refractivity contribution in [3.8, 4) is 5.75 Å². The lowest BCUT2D eigenvalue weighted by Crippen LogP contribution is -2.47. The molecule has 9 heteroatoms. The highest BCUT2D eigenvalue weighted by Gasteiger charge is 2.29. The van der Waals surface area contributed by atoms with E-state index in [0.717, 1.165) is 34.3 Å². The van der Waals surface area contributed by atoms with Gasteiger partial charge < -0.3 is 10.1 Å². The van der Waals surface area contributed by atoms with Crippen LogP contribution in [0.2, 0.25) is 0 Å². The molecule has 0 aliphatic heterocycles. The number of rotatable bonds is 7. The van der Waals surface area contributed by atoms with Crippen LogP contribution in [0.15, 0.2) is 42.5 Å². The van der Waals surface area contributed by atoms with Gasteiger partial charge in [-0.15, -0.1) is 0 Å². The van der Waals surface area contributed by atoms with Gasteiger partial charge in [0.15, 0.2) is 11.6 Å². The van der Waals surface area contributed by atoms with E-state index in [4.69, 9.17) is 4.74 Å². The number of sulfonamides is 1. The minimum atomic E-state index is -3.92. The first-order valence-corrected chi connectivity index (χ1v) is 9.83. The van der Waals surface area contributed by atoms with E-state index in [1.165, 1.54) is 14.0 Å². The maximum Gasteiger partial charge on any atom is 0.243 e. The van der Waals surface area contributed by atoms with Crippen LogP contribution in [0.3, 0.4) is 0 Å². The van der Waals surface area contributed by atoms with Crippen molar-refractivity contribution in [2.24, 2.45) is 0 Å². The molecule has 1 amide bonds. The number of carbonyl (C=O) groups excluding carboxylic acids is 1. The van der Waals surface area contributed by atoms with Gasteiger partial charge in [0, 0.05) is 12.6 Å². The molecule has 2 aromatic rings. The SMILES string of the molecule is COc1ccc(CNC(=O)[C@H](C)N(c2ccc(F)c(F)c2)S(C)(=O)=O)cc1. The summed E-state index contributed by atoms with van der Waals surface area (Å²) in [4.78, 5) is 12.4. The third kappa shape index (κ3) is 5.16. The molecule has 1 atom stereocenters. The standard InChI is InChI=1S/C18H20F2N2O4S/c1-12(18(23)21-11-13-4-7-15(26-2)8-5-13)22(27(3,24)25)14-6-9-16(19)17(20)10-14/h4-10,12H,11H2,1-3H3,(H,21,23)/t12-/m0/s1. The second-order valence-electron chi connectivity index (χ2n) is 5.90. The molecule has 0 fully saturated rings. The molecule has 27 heavy (non-hydrogen) atoms. The fourth-order valence-electron chi connectivity index (χ4n) is 2.51. The predicted molar refractivity (Wildman–Crippen MR) is 98.0 cm³/mol. The summed E-state index contributed by atoms with van der Waals surface area (Å²) < 4.78 is 56.7. The summed E-state index contributed by atoms with van der Waals surface area (Å²) >= 11 is 0. The molecule has 0 saturated carbocycles. The summed E-state index contributed by atoms with van der Waals surface area (Å²) in [6, 6.07) is 8.47. The van der Waals surface area contributed by atoms with Gasteiger partial charge in [-0.05, 0) is 36.8 Å². The maximum atomic E-state index is 13.5. The van der Waals surface area contributed by atoms with Crippen LogP contribution in [0.25, 0.3) is 0 Å². The molecule has 2 rings (SSSR count). The van der Waals surface area contributed by atoms with Crippen molar-refractivity contribution in [1.82, 2.24) is 5.32 Å². The first-order valence-electron chi connectivity index (χ1n) is 7.98. The summed E-state index contributed by atoms with van der Waals surface area (Å²) in [6.07, 6.45) is 0.890. The third-order valence-corrected chi connectivity index (χ3v) is 5.11. The van der Waals surface area contributed by atoms with Gasteiger partial charge >= 0.3 is 0 Å². The van der Waals surface area contributed by atoms with Crippen molar-refractivity contribution in [2.45, 2.75) is 19.5 Å². The highest BCUT2D eigenvalue weighted by atomic mass is 32.2. The number of anilines is 1. The minimum Gasteiger partial charge on any atom is -0.497 e. The molecule has 0 saturated heterocycles. The van der Waals surface area contributed by atoms with E-state index in [0.29, 0.717) is 5.75 Å². The van der Waals surface area contributed by atoms with E-state index in [2.05, 4.69) is 5.32 Å². The Kier molecular flexibility index (Phi) is 6.37. The van der Waals surface area contributed by atoms with E-state index in [-0.39, 0.29) is 12.2 Å². The maximum absolute atomic E-state index is 13.5. The van der Waals surface area contributed by atoms with Crippen LogP contribution >= 0.6 is 0 Å². The Balaban J connectivity index is 2.17. The zero-order chi connectivity index (χ0) is 20.2. The first kappa shape index (κ1) is 20.6. The molecule has 0 spiro atoms. The van der Waals surface area contributed by atoms with Crippen LogP contribution in [-0.2, 0) is 21.4 Å². The second kappa shape index (κ2) is 8.34. The van der Waals surface area contributed by atoms with E-state index in [1.54, 1.807) is 24.3 Å². The molecule has 0 aliphatic rings. The smallest absolute Gasteiger partial charge is 0.243 e. The Hall–Kier alpha value is -2.68. The fourth-order valence-corrected chi connectivity index (χ4v) is 3.68. The van der Waals surface area contributed by atoms with Crippen molar-refractivity contribution < 1.29 is 26.7 Å². The van der Waals surface area contributed by atoms with Crippen molar-refractivity contribution in [3.05, 3.63) is 59.7 Å². The third-order valence-electron chi connectivity index (χ3n) is 3.87. The molecule has 6 nitrogen and oxygen atoms in total. The quantitative estimate of drug-likeness (QED) is 0.777. The number of nitrogens with one attached hydrogen (secondary N) is 1. The van der Waals surface area contributed by atoms with E-state index in [9.17, 15) is 22.0 Å². The monoisotopic (exact) mass is 398 g/mol. The van der Waals surface area contributed by atoms with Crippen LogP contribution < -0.4 is 14.4 Å². The van der Waals surface area contributed by atoms with Crippen molar-refractivity contribution in [1.29, 1.82) is 0 Å². The van der Waals surface area contributed by atoms with Gasteiger partial charge in [-0.25, -0.2) is 17.2 Å². The number of carbonyl (C=O) groups is 1. The van der Waals surface area contributed by atoms with Crippen molar-refractivity contribution >= 4 is 21.6 Å². The zero-order valence-electron chi connectivity index (χ0n) is 15.1. The number of methoxy groups -OCH3 is 1. The Morgan fingerprint density at radius 3 is 2.30 bits per heavy atom. The number of ether oxygens (including phenoxy) is 1. The Morgan fingerprint density at radius 1 is 1.15 bits per heavy atom. The van der Waals surface area contributed by atoms with E-state index < -0.39 is 33.6 Å². The molecular formula is C18H20F2N2O4S. The molecule has 0 unspecified atom stereocenters. The van der Waals surface area contributed by atoms with E-state index >= 15 is 0 Å². The normalized spacial score (nSPS) is 12.3. The average Bonchev–Trinajstić information content (AvgIpc) is 2.62. The number of hydrogen-bond acceptors (Lipinski definition) is 4. The van der Waals surface area contributed by atoms with Crippen LogP contribution in [0.5, 0.6) is 5.75 Å². The van der Waals surface area contributed by atoms with Gasteiger partial charge in [-0.1, -0.05) is 12.1 Å². The minimum absolute atomic E-state index is 0.136. The summed E-state index contributed by atoms with van der Waals surface area (Å²) in [7, 11) is -2.38. The number of halogens is 2. The van der Waals surface area contributed by atoms with Gasteiger partial charge in [-0.2, -0.15) is 0 Å². The Morgan fingerprint density at radius 2 is 1.78 bits per heavy atom. The summed E-state index contributed by atoms with van der Waals surface area (Å²) in [5, 5.41) is 2.63. The average molecular weight is 398 g/mol. The first-order chi connectivity index (χ1) is 12.6. The highest BCUT2D eigenvalue weighted by Crippen LogP contribution is 2.23. The Labute approximate surface area is 156 Å². The molecule has 2 aromatic carbocycles. The highest BCUT2D eigenvalue weighted by molar-refractivity contribution is 7.92. The van der Waals surface area contributed by atoms with Gasteiger partial charge in [0.2, 0.25) is 15.9 Å². The van der Waals surface area contributed by atoms with Gasteiger partial charge in [0.1, 0.15) is 11.8 Å². The van der Waals surface area contributed by atoms with Crippen molar-refractivity contribution in [2.75, 3.05) is 17.7 Å². The lowest BCUT2D eigenvalue weighted by Gasteiger charge is -2.28. The largest absolute Gasteiger partial charge is 0.497 e. The van der Waals surface area contributed by atoms with Crippen molar-refractivity contribution in [3.63, 3.8) is 0 Å². The summed E-state index contributed by atoms with van der Waals surface area (Å²) in [6.45, 7) is 1.54. The molecular weight excluding hydrogens is 378 g/mol. The number of hydrogen-bond donors (Lipinski definition) is 1. The van der Waals surface area contributed by atoms with Gasteiger partial charge in [0.25, 0.3) is 0 Å². The zero-order valence-corrected chi connectivity index (χ0v) is 15.9. The van der Waals surface area contributed by atoms with E-state index in [1.807, 2.05) is 0 Å². The Bertz CT molecular complexity index is 917. The lowest BCUT2D eigenvalue weighted by atomic mass is 10.2. The topological polar surface area (TPSA) is 75.7 Å². The summed E-state index contributed by atoms with van der Waals surface area (Å²) in [5.41, 5.74) is 0.651. The summed E-state index contributed by atoms with van der Waals surface area (Å²) in [5.74, 6) is -2.23.